The lowest BCUT2D eigenvalue weighted by Gasteiger charge is -2.32. The average molecular weight is 590 g/mol. The Morgan fingerprint density at radius 2 is 1.93 bits per heavy atom. The number of phenolic OH excluding ortho intramolecular Hbond substituents is 1. The summed E-state index contributed by atoms with van der Waals surface area (Å²) >= 11 is 1.57. The maximum absolute atomic E-state index is 13.8. The lowest BCUT2D eigenvalue weighted by atomic mass is 9.92. The first-order valence-corrected chi connectivity index (χ1v) is 15.7. The SMILES string of the molecule is CCC(CC)N(C)c1cc(C(=O)N2CCC(CCCNC(=O)c3ccccc3O)CC2)nc(-c2cnn3ccsc23)n1. The molecule has 0 bridgehead atoms. The molecule has 222 valence electrons. The summed E-state index contributed by atoms with van der Waals surface area (Å²) in [4.78, 5) is 40.8. The van der Waals surface area contributed by atoms with Crippen molar-refractivity contribution >= 4 is 33.8 Å². The number of benzene rings is 1. The molecule has 0 saturated carbocycles. The van der Waals surface area contributed by atoms with Crippen LogP contribution in [0.4, 0.5) is 5.82 Å². The summed E-state index contributed by atoms with van der Waals surface area (Å²) in [6, 6.07) is 8.70. The molecule has 2 N–H and O–H groups in total. The third kappa shape index (κ3) is 6.41. The van der Waals surface area contributed by atoms with Gasteiger partial charge in [-0.15, -0.1) is 11.3 Å². The molecule has 0 atom stereocenters. The van der Waals surface area contributed by atoms with Gasteiger partial charge in [0.05, 0.1) is 17.3 Å². The van der Waals surface area contributed by atoms with Crippen LogP contribution in [0.25, 0.3) is 16.2 Å². The molecule has 3 aromatic heterocycles. The maximum Gasteiger partial charge on any atom is 0.272 e. The molecule has 10 nitrogen and oxygen atoms in total. The molecule has 1 aromatic carbocycles. The van der Waals surface area contributed by atoms with E-state index in [2.05, 4.69) is 29.2 Å². The van der Waals surface area contributed by atoms with E-state index >= 15 is 0 Å². The van der Waals surface area contributed by atoms with Crippen LogP contribution in [-0.2, 0) is 0 Å². The Hall–Kier alpha value is -3.99. The first-order chi connectivity index (χ1) is 20.4. The van der Waals surface area contributed by atoms with Gasteiger partial charge in [0.15, 0.2) is 5.82 Å². The Morgan fingerprint density at radius 3 is 2.67 bits per heavy atom. The van der Waals surface area contributed by atoms with Crippen molar-refractivity contribution in [2.24, 2.45) is 5.92 Å². The number of likely N-dealkylation sites (tertiary alicyclic amines) is 1. The van der Waals surface area contributed by atoms with Gasteiger partial charge in [-0.2, -0.15) is 5.10 Å². The number of carbonyl (C=O) groups excluding carboxylic acids is 2. The summed E-state index contributed by atoms with van der Waals surface area (Å²) in [5, 5.41) is 19.2. The highest BCUT2D eigenvalue weighted by Crippen LogP contribution is 2.29. The maximum atomic E-state index is 13.8. The lowest BCUT2D eigenvalue weighted by molar-refractivity contribution is 0.0679. The van der Waals surface area contributed by atoms with E-state index in [9.17, 15) is 14.7 Å². The summed E-state index contributed by atoms with van der Waals surface area (Å²) in [5.74, 6) is 1.42. The van der Waals surface area contributed by atoms with E-state index in [0.717, 1.165) is 54.7 Å². The van der Waals surface area contributed by atoms with Crippen LogP contribution in [0, 0.1) is 5.92 Å². The largest absolute Gasteiger partial charge is 0.507 e. The second-order valence-corrected chi connectivity index (χ2v) is 11.8. The minimum Gasteiger partial charge on any atom is -0.507 e. The molecule has 2 amide bonds. The number of nitrogens with one attached hydrogen (secondary N) is 1. The molecule has 0 radical (unpaired) electrons. The number of aromatic nitrogens is 4. The monoisotopic (exact) mass is 589 g/mol. The van der Waals surface area contributed by atoms with E-state index in [1.165, 1.54) is 6.07 Å². The fourth-order valence-corrected chi connectivity index (χ4v) is 6.48. The Bertz CT molecular complexity index is 1520. The van der Waals surface area contributed by atoms with Crippen molar-refractivity contribution in [2.75, 3.05) is 31.6 Å². The quantitative estimate of drug-likeness (QED) is 0.230. The van der Waals surface area contributed by atoms with Gasteiger partial charge in [-0.05, 0) is 56.6 Å². The molecule has 0 aliphatic carbocycles. The van der Waals surface area contributed by atoms with Crippen molar-refractivity contribution in [1.82, 2.24) is 29.8 Å². The second kappa shape index (κ2) is 13.3. The number of anilines is 1. The number of thiazole rings is 1. The summed E-state index contributed by atoms with van der Waals surface area (Å²) in [6.07, 6.45) is 9.28. The van der Waals surface area contributed by atoms with E-state index in [1.807, 2.05) is 34.1 Å². The van der Waals surface area contributed by atoms with Crippen LogP contribution < -0.4 is 10.2 Å². The van der Waals surface area contributed by atoms with Crippen LogP contribution in [0.5, 0.6) is 5.75 Å². The Labute approximate surface area is 250 Å². The van der Waals surface area contributed by atoms with Crippen molar-refractivity contribution in [3.05, 3.63) is 59.4 Å². The fourth-order valence-electron chi connectivity index (χ4n) is 5.69. The third-order valence-corrected chi connectivity index (χ3v) is 9.17. The van der Waals surface area contributed by atoms with E-state index in [4.69, 9.17) is 9.97 Å². The minimum atomic E-state index is -0.261. The molecule has 0 spiro atoms. The highest BCUT2D eigenvalue weighted by Gasteiger charge is 2.27. The third-order valence-electron chi connectivity index (χ3n) is 8.28. The smallest absolute Gasteiger partial charge is 0.272 e. The van der Waals surface area contributed by atoms with Gasteiger partial charge in [-0.1, -0.05) is 26.0 Å². The fraction of sp³-hybridized carbons (Fsp3) is 0.452. The van der Waals surface area contributed by atoms with Crippen LogP contribution in [0.2, 0.25) is 0 Å². The number of fused-ring (bicyclic) bond motifs is 1. The minimum absolute atomic E-state index is 0.0118. The van der Waals surface area contributed by atoms with Crippen LogP contribution in [0.3, 0.4) is 0 Å². The molecule has 1 saturated heterocycles. The first-order valence-electron chi connectivity index (χ1n) is 14.8. The molecular formula is C31H39N7O3S. The number of nitrogens with zero attached hydrogens (tertiary/aromatic N) is 6. The van der Waals surface area contributed by atoms with Crippen molar-refractivity contribution in [1.29, 1.82) is 0 Å². The molecule has 1 aliphatic heterocycles. The molecule has 1 aliphatic rings. The molecule has 11 heteroatoms. The number of carbonyl (C=O) groups is 2. The number of para-hydroxylation sites is 1. The van der Waals surface area contributed by atoms with Gasteiger partial charge < -0.3 is 20.2 Å². The van der Waals surface area contributed by atoms with Gasteiger partial charge >= 0.3 is 0 Å². The number of aromatic hydroxyl groups is 1. The zero-order valence-corrected chi connectivity index (χ0v) is 25.3. The summed E-state index contributed by atoms with van der Waals surface area (Å²) in [7, 11) is 2.03. The van der Waals surface area contributed by atoms with E-state index in [-0.39, 0.29) is 17.6 Å². The predicted molar refractivity (Wildman–Crippen MR) is 165 cm³/mol. The molecule has 5 rings (SSSR count). The Morgan fingerprint density at radius 1 is 1.17 bits per heavy atom. The highest BCUT2D eigenvalue weighted by molar-refractivity contribution is 7.16. The van der Waals surface area contributed by atoms with Gasteiger partial charge in [0.25, 0.3) is 11.8 Å². The number of rotatable bonds is 11. The number of amides is 2. The van der Waals surface area contributed by atoms with Gasteiger partial charge in [0.2, 0.25) is 0 Å². The number of phenols is 1. The Kier molecular flexibility index (Phi) is 9.36. The van der Waals surface area contributed by atoms with Gasteiger partial charge in [0, 0.05) is 50.4 Å². The van der Waals surface area contributed by atoms with Crippen LogP contribution in [-0.4, -0.2) is 74.1 Å². The zero-order valence-electron chi connectivity index (χ0n) is 24.5. The molecule has 42 heavy (non-hydrogen) atoms. The van der Waals surface area contributed by atoms with E-state index < -0.39 is 0 Å². The van der Waals surface area contributed by atoms with Gasteiger partial charge in [-0.3, -0.25) is 9.59 Å². The topological polar surface area (TPSA) is 116 Å². The lowest BCUT2D eigenvalue weighted by Crippen LogP contribution is -2.39. The molecule has 0 unspecified atom stereocenters. The molecule has 4 heterocycles. The zero-order chi connectivity index (χ0) is 29.6. The first kappa shape index (κ1) is 29.5. The van der Waals surface area contributed by atoms with Crippen LogP contribution in [0.1, 0.15) is 73.2 Å². The number of hydrogen-bond donors (Lipinski definition) is 2. The normalized spacial score (nSPS) is 14.0. The van der Waals surface area contributed by atoms with Crippen molar-refractivity contribution in [3.63, 3.8) is 0 Å². The average Bonchev–Trinajstić information content (AvgIpc) is 3.64. The Balaban J connectivity index is 1.22. The predicted octanol–water partition coefficient (Wildman–Crippen LogP) is 5.25. The molecule has 4 aromatic rings. The van der Waals surface area contributed by atoms with Gasteiger partial charge in [-0.25, -0.2) is 14.5 Å². The summed E-state index contributed by atoms with van der Waals surface area (Å²) in [5.41, 5.74) is 1.53. The second-order valence-electron chi connectivity index (χ2n) is 10.9. The van der Waals surface area contributed by atoms with Crippen LogP contribution in [0.15, 0.2) is 48.1 Å². The van der Waals surface area contributed by atoms with Crippen LogP contribution >= 0.6 is 11.3 Å². The molecular weight excluding hydrogens is 550 g/mol. The number of hydrogen-bond acceptors (Lipinski definition) is 8. The number of piperidine rings is 1. The highest BCUT2D eigenvalue weighted by atomic mass is 32.1. The standard InChI is InChI=1S/C31H39N7O3S/c1-4-22(5-2)36(3)27-19-25(34-28(35-27)24-20-33-38-17-18-42-31(24)38)30(41)37-15-12-21(13-16-37)9-8-14-32-29(40)23-10-6-7-11-26(23)39/h6-7,10-11,17-22,39H,4-5,8-9,12-16H2,1-3H3,(H,32,40). The summed E-state index contributed by atoms with van der Waals surface area (Å²) < 4.78 is 1.81. The van der Waals surface area contributed by atoms with Crippen molar-refractivity contribution in [3.8, 4) is 17.1 Å². The summed E-state index contributed by atoms with van der Waals surface area (Å²) in [6.45, 7) is 6.23. The van der Waals surface area contributed by atoms with Crippen molar-refractivity contribution < 1.29 is 14.7 Å². The van der Waals surface area contributed by atoms with Crippen molar-refractivity contribution in [2.45, 2.75) is 58.4 Å². The van der Waals surface area contributed by atoms with Gasteiger partial charge in [0.1, 0.15) is 22.1 Å². The van der Waals surface area contributed by atoms with E-state index in [0.29, 0.717) is 48.7 Å². The molecule has 1 fully saturated rings. The van der Waals surface area contributed by atoms with E-state index in [1.54, 1.807) is 35.7 Å².